The molecule has 11 rings (SSSR count). The first kappa shape index (κ1) is 29.6. The molecule has 3 nitrogen and oxygen atoms in total. The smallest absolute Gasteiger partial charge is 0.165 e. The fourth-order valence-corrected chi connectivity index (χ4v) is 8.47. The van der Waals surface area contributed by atoms with E-state index >= 15 is 0 Å². The van der Waals surface area contributed by atoms with Crippen molar-refractivity contribution in [1.29, 1.82) is 0 Å². The number of rotatable bonds is 5. The van der Waals surface area contributed by atoms with Crippen LogP contribution in [0.3, 0.4) is 0 Å². The van der Waals surface area contributed by atoms with E-state index in [4.69, 9.17) is 9.97 Å². The maximum Gasteiger partial charge on any atom is 0.165 e. The number of nitrogens with zero attached hydrogens (tertiary/aromatic N) is 3. The molecule has 0 unspecified atom stereocenters. The molecule has 0 saturated heterocycles. The summed E-state index contributed by atoms with van der Waals surface area (Å²) in [4.78, 5) is 10.9. The van der Waals surface area contributed by atoms with Gasteiger partial charge in [-0.1, -0.05) is 158 Å². The first-order valence-corrected chi connectivity index (χ1v) is 18.1. The average molecular weight is 674 g/mol. The van der Waals surface area contributed by atoms with Crippen molar-refractivity contribution in [3.8, 4) is 28.2 Å². The predicted molar refractivity (Wildman–Crippen MR) is 220 cm³/mol. The molecule has 1 aliphatic rings. The van der Waals surface area contributed by atoms with Gasteiger partial charge in [-0.2, -0.15) is 0 Å². The van der Waals surface area contributed by atoms with Crippen molar-refractivity contribution < 1.29 is 0 Å². The second-order valence-electron chi connectivity index (χ2n) is 13.7. The molecule has 0 atom stereocenters. The van der Waals surface area contributed by atoms with Crippen molar-refractivity contribution in [2.45, 2.75) is 0 Å². The van der Waals surface area contributed by atoms with Crippen LogP contribution in [0.5, 0.6) is 0 Å². The molecular formula is C50H31N3. The quantitative estimate of drug-likeness (QED) is 0.182. The molecule has 0 spiro atoms. The van der Waals surface area contributed by atoms with Crippen molar-refractivity contribution in [2.24, 2.45) is 0 Å². The van der Waals surface area contributed by atoms with E-state index in [1.54, 1.807) is 0 Å². The van der Waals surface area contributed by atoms with Gasteiger partial charge in [0.2, 0.25) is 0 Å². The molecule has 0 bridgehead atoms. The van der Waals surface area contributed by atoms with E-state index in [1.807, 2.05) is 12.1 Å². The van der Waals surface area contributed by atoms with Gasteiger partial charge in [0, 0.05) is 16.3 Å². The summed E-state index contributed by atoms with van der Waals surface area (Å²) in [5, 5.41) is 4.94. The number of para-hydroxylation sites is 2. The molecule has 0 radical (unpaired) electrons. The Kier molecular flexibility index (Phi) is 6.55. The number of fused-ring (bicyclic) bond motifs is 1. The molecule has 3 heteroatoms. The van der Waals surface area contributed by atoms with Crippen LogP contribution < -0.4 is 0 Å². The molecule has 1 aliphatic carbocycles. The second kappa shape index (κ2) is 11.7. The van der Waals surface area contributed by atoms with Crippen LogP contribution >= 0.6 is 0 Å². The summed E-state index contributed by atoms with van der Waals surface area (Å²) in [5.74, 6) is 0.817. The van der Waals surface area contributed by atoms with Crippen LogP contribution in [0.4, 0.5) is 0 Å². The largest absolute Gasteiger partial charge is 0.292 e. The molecule has 2 heterocycles. The normalized spacial score (nSPS) is 12.5. The number of hydrogen-bond donors (Lipinski definition) is 0. The molecule has 53 heavy (non-hydrogen) atoms. The van der Waals surface area contributed by atoms with Crippen molar-refractivity contribution in [3.05, 3.63) is 210 Å². The van der Waals surface area contributed by atoms with Gasteiger partial charge in [0.1, 0.15) is 5.69 Å². The average Bonchev–Trinajstić information content (AvgIpc) is 3.51. The number of benzene rings is 8. The maximum atomic E-state index is 5.48. The highest BCUT2D eigenvalue weighted by Crippen LogP contribution is 2.50. The van der Waals surface area contributed by atoms with E-state index < -0.39 is 0 Å². The van der Waals surface area contributed by atoms with E-state index in [0.29, 0.717) is 0 Å². The molecule has 0 N–H and O–H groups in total. The first-order valence-electron chi connectivity index (χ1n) is 18.1. The fourth-order valence-electron chi connectivity index (χ4n) is 8.47. The third-order valence-corrected chi connectivity index (χ3v) is 10.7. The Hall–Kier alpha value is -7.10. The first-order chi connectivity index (χ1) is 26.3. The van der Waals surface area contributed by atoms with Crippen LogP contribution in [-0.2, 0) is 0 Å². The van der Waals surface area contributed by atoms with E-state index in [9.17, 15) is 0 Å². The zero-order valence-corrected chi connectivity index (χ0v) is 28.7. The monoisotopic (exact) mass is 673 g/mol. The van der Waals surface area contributed by atoms with E-state index in [2.05, 4.69) is 180 Å². The second-order valence-corrected chi connectivity index (χ2v) is 13.7. The SMILES string of the molecule is c1ccc(C2=C(c3ccccc3)c3cccc4c3c3c5c2cccc5ccc3n4-c2nc3ccccc3nc2-c2cccc(-c3ccccc3)c2)cc1. The van der Waals surface area contributed by atoms with Crippen LogP contribution in [0.1, 0.15) is 22.3 Å². The van der Waals surface area contributed by atoms with Gasteiger partial charge in [-0.05, 0) is 85.6 Å². The Morgan fingerprint density at radius 2 is 0.868 bits per heavy atom. The molecular weight excluding hydrogens is 643 g/mol. The third kappa shape index (κ3) is 4.54. The van der Waals surface area contributed by atoms with Crippen LogP contribution in [-0.4, -0.2) is 14.5 Å². The third-order valence-electron chi connectivity index (χ3n) is 10.7. The molecule has 0 amide bonds. The molecule has 10 aromatic rings. The van der Waals surface area contributed by atoms with Gasteiger partial charge in [-0.25, -0.2) is 9.97 Å². The van der Waals surface area contributed by atoms with Crippen LogP contribution in [0.2, 0.25) is 0 Å². The Morgan fingerprint density at radius 1 is 0.340 bits per heavy atom. The summed E-state index contributed by atoms with van der Waals surface area (Å²) in [5.41, 5.74) is 15.4. The van der Waals surface area contributed by atoms with E-state index in [0.717, 1.165) is 44.7 Å². The van der Waals surface area contributed by atoms with Gasteiger partial charge in [0.05, 0.1) is 22.1 Å². The lowest BCUT2D eigenvalue weighted by atomic mass is 9.85. The van der Waals surface area contributed by atoms with Gasteiger partial charge < -0.3 is 0 Å². The van der Waals surface area contributed by atoms with Gasteiger partial charge in [0.15, 0.2) is 5.82 Å². The molecule has 8 aromatic carbocycles. The van der Waals surface area contributed by atoms with Gasteiger partial charge in [-0.3, -0.25) is 4.57 Å². The minimum atomic E-state index is 0.817. The van der Waals surface area contributed by atoms with Gasteiger partial charge in [-0.15, -0.1) is 0 Å². The molecule has 2 aromatic heterocycles. The summed E-state index contributed by atoms with van der Waals surface area (Å²) in [6.07, 6.45) is 0. The number of aromatic nitrogens is 3. The van der Waals surface area contributed by atoms with Gasteiger partial charge >= 0.3 is 0 Å². The van der Waals surface area contributed by atoms with Crippen LogP contribution in [0.15, 0.2) is 188 Å². The Bertz CT molecular complexity index is 3080. The van der Waals surface area contributed by atoms with Crippen LogP contribution in [0.25, 0.3) is 83.0 Å². The standard InChI is InChI=1S/C50H31N3/c1-4-15-32(16-5-1)36-22-12-23-37(31-36)49-50(52-41-27-11-10-26-40(41)51-49)53-42-28-14-25-39-45(34-19-8-3-9-20-34)44(33-17-6-2-7-18-33)38-24-13-21-35-29-30-43(53)48(46(35)38)47(39)42/h1-31H. The highest BCUT2D eigenvalue weighted by atomic mass is 15.1. The Labute approximate surface area is 306 Å². The topological polar surface area (TPSA) is 30.7 Å². The molecule has 0 fully saturated rings. The zero-order chi connectivity index (χ0) is 34.9. The Morgan fingerprint density at radius 3 is 1.57 bits per heavy atom. The van der Waals surface area contributed by atoms with Crippen LogP contribution in [0, 0.1) is 0 Å². The lowest BCUT2D eigenvalue weighted by Gasteiger charge is -2.19. The van der Waals surface area contributed by atoms with Crippen molar-refractivity contribution >= 4 is 54.8 Å². The predicted octanol–water partition coefficient (Wildman–Crippen LogP) is 12.5. The summed E-state index contributed by atoms with van der Waals surface area (Å²) in [6, 6.07) is 67.3. The lowest BCUT2D eigenvalue weighted by Crippen LogP contribution is -2.04. The highest BCUT2D eigenvalue weighted by molar-refractivity contribution is 6.31. The lowest BCUT2D eigenvalue weighted by molar-refractivity contribution is 1.08. The zero-order valence-electron chi connectivity index (χ0n) is 28.7. The number of hydrogen-bond acceptors (Lipinski definition) is 2. The summed E-state index contributed by atoms with van der Waals surface area (Å²) in [7, 11) is 0. The minimum absolute atomic E-state index is 0.817. The maximum absolute atomic E-state index is 5.48. The fraction of sp³-hybridized carbons (Fsp3) is 0. The van der Waals surface area contributed by atoms with Crippen molar-refractivity contribution in [1.82, 2.24) is 14.5 Å². The van der Waals surface area contributed by atoms with E-state index in [-0.39, 0.29) is 0 Å². The Balaban J connectivity index is 1.30. The highest BCUT2D eigenvalue weighted by Gasteiger charge is 2.29. The van der Waals surface area contributed by atoms with E-state index in [1.165, 1.54) is 60.5 Å². The van der Waals surface area contributed by atoms with Crippen molar-refractivity contribution in [2.75, 3.05) is 0 Å². The summed E-state index contributed by atoms with van der Waals surface area (Å²) in [6.45, 7) is 0. The van der Waals surface area contributed by atoms with Gasteiger partial charge in [0.25, 0.3) is 0 Å². The summed E-state index contributed by atoms with van der Waals surface area (Å²) >= 11 is 0. The molecule has 246 valence electrons. The molecule has 0 aliphatic heterocycles. The van der Waals surface area contributed by atoms with Crippen molar-refractivity contribution in [3.63, 3.8) is 0 Å². The molecule has 0 saturated carbocycles. The summed E-state index contributed by atoms with van der Waals surface area (Å²) < 4.78 is 2.37. The minimum Gasteiger partial charge on any atom is -0.292 e.